The molecule has 3 aromatic rings. The van der Waals surface area contributed by atoms with E-state index < -0.39 is 0 Å². The van der Waals surface area contributed by atoms with Crippen molar-refractivity contribution in [3.63, 3.8) is 0 Å². The van der Waals surface area contributed by atoms with Gasteiger partial charge in [0.1, 0.15) is 0 Å². The second-order valence-corrected chi connectivity index (χ2v) is 8.81. The summed E-state index contributed by atoms with van der Waals surface area (Å²) in [7, 11) is 0. The van der Waals surface area contributed by atoms with Crippen LogP contribution in [-0.2, 0) is 0 Å². The van der Waals surface area contributed by atoms with Crippen LogP contribution in [0.4, 0.5) is 0 Å². The predicted octanol–water partition coefficient (Wildman–Crippen LogP) is 7.34. The van der Waals surface area contributed by atoms with Crippen molar-refractivity contribution in [3.05, 3.63) is 124 Å². The summed E-state index contributed by atoms with van der Waals surface area (Å²) in [4.78, 5) is 0. The first kappa shape index (κ1) is 19.6. The Labute approximate surface area is 185 Å². The average Bonchev–Trinajstić information content (AvgIpc) is 2.80. The first-order chi connectivity index (χ1) is 15.1. The SMILES string of the molecule is Cc1ccc(C2=C3C=C(c4ccccc4)C(C)NC3=C(c3ccc(C)cc3)CC2)cc1. The molecule has 1 heteroatoms. The molecule has 1 aliphatic carbocycles. The molecule has 0 fully saturated rings. The van der Waals surface area contributed by atoms with Gasteiger partial charge in [0.05, 0.1) is 0 Å². The Balaban J connectivity index is 1.72. The molecule has 1 nitrogen and oxygen atoms in total. The maximum absolute atomic E-state index is 3.89. The second-order valence-electron chi connectivity index (χ2n) is 8.81. The van der Waals surface area contributed by atoms with Crippen molar-refractivity contribution in [2.75, 3.05) is 0 Å². The quantitative estimate of drug-likeness (QED) is 0.482. The summed E-state index contributed by atoms with van der Waals surface area (Å²) in [5.41, 5.74) is 13.4. The molecule has 0 saturated heterocycles. The summed E-state index contributed by atoms with van der Waals surface area (Å²) in [5, 5.41) is 3.89. The van der Waals surface area contributed by atoms with Crippen LogP contribution in [0.2, 0.25) is 0 Å². The largest absolute Gasteiger partial charge is 0.378 e. The van der Waals surface area contributed by atoms with E-state index in [4.69, 9.17) is 0 Å². The molecule has 0 radical (unpaired) electrons. The highest BCUT2D eigenvalue weighted by Crippen LogP contribution is 2.43. The fourth-order valence-electron chi connectivity index (χ4n) is 4.78. The lowest BCUT2D eigenvalue weighted by molar-refractivity contribution is 0.732. The topological polar surface area (TPSA) is 12.0 Å². The third kappa shape index (κ3) is 3.77. The van der Waals surface area contributed by atoms with E-state index in [-0.39, 0.29) is 6.04 Å². The molecular formula is C30H29N. The van der Waals surface area contributed by atoms with Crippen LogP contribution in [0.5, 0.6) is 0 Å². The van der Waals surface area contributed by atoms with E-state index in [9.17, 15) is 0 Å². The minimum absolute atomic E-state index is 0.263. The summed E-state index contributed by atoms with van der Waals surface area (Å²) in [6.07, 6.45) is 4.55. The lowest BCUT2D eigenvalue weighted by Crippen LogP contribution is -2.33. The smallest absolute Gasteiger partial charge is 0.0492 e. The molecule has 3 aromatic carbocycles. The molecule has 0 spiro atoms. The fraction of sp³-hybridized carbons (Fsp3) is 0.200. The Morgan fingerprint density at radius 2 is 1.19 bits per heavy atom. The molecule has 5 rings (SSSR count). The fourth-order valence-corrected chi connectivity index (χ4v) is 4.78. The maximum Gasteiger partial charge on any atom is 0.0492 e. The van der Waals surface area contributed by atoms with Gasteiger partial charge in [-0.2, -0.15) is 0 Å². The van der Waals surface area contributed by atoms with Crippen molar-refractivity contribution in [1.29, 1.82) is 0 Å². The third-order valence-corrected chi connectivity index (χ3v) is 6.56. The van der Waals surface area contributed by atoms with E-state index in [1.54, 1.807) is 0 Å². The van der Waals surface area contributed by atoms with Gasteiger partial charge in [0.25, 0.3) is 0 Å². The Morgan fingerprint density at radius 1 is 0.645 bits per heavy atom. The monoisotopic (exact) mass is 403 g/mol. The molecular weight excluding hydrogens is 374 g/mol. The molecule has 0 amide bonds. The molecule has 1 heterocycles. The molecule has 0 bridgehead atoms. The highest BCUT2D eigenvalue weighted by atomic mass is 14.9. The summed E-state index contributed by atoms with van der Waals surface area (Å²) in [5.74, 6) is 0. The van der Waals surface area contributed by atoms with Crippen molar-refractivity contribution in [2.24, 2.45) is 0 Å². The van der Waals surface area contributed by atoms with E-state index >= 15 is 0 Å². The van der Waals surface area contributed by atoms with Crippen LogP contribution in [0.25, 0.3) is 16.7 Å². The number of hydrogen-bond acceptors (Lipinski definition) is 1. The molecule has 1 unspecified atom stereocenters. The van der Waals surface area contributed by atoms with Gasteiger partial charge in [-0.25, -0.2) is 0 Å². The zero-order valence-electron chi connectivity index (χ0n) is 18.6. The molecule has 154 valence electrons. The van der Waals surface area contributed by atoms with E-state index in [0.717, 1.165) is 12.8 Å². The Morgan fingerprint density at radius 3 is 1.81 bits per heavy atom. The highest BCUT2D eigenvalue weighted by molar-refractivity contribution is 5.91. The third-order valence-electron chi connectivity index (χ3n) is 6.56. The first-order valence-corrected chi connectivity index (χ1v) is 11.2. The van der Waals surface area contributed by atoms with Crippen LogP contribution in [0.1, 0.15) is 47.6 Å². The van der Waals surface area contributed by atoms with Crippen molar-refractivity contribution in [1.82, 2.24) is 5.32 Å². The number of benzene rings is 3. The zero-order chi connectivity index (χ0) is 21.4. The molecule has 0 saturated carbocycles. The molecule has 1 N–H and O–H groups in total. The van der Waals surface area contributed by atoms with Gasteiger partial charge in [-0.3, -0.25) is 0 Å². The number of allylic oxidation sites excluding steroid dienone is 3. The van der Waals surface area contributed by atoms with Gasteiger partial charge < -0.3 is 5.32 Å². The zero-order valence-corrected chi connectivity index (χ0v) is 18.6. The van der Waals surface area contributed by atoms with Gasteiger partial charge in [-0.15, -0.1) is 0 Å². The number of hydrogen-bond donors (Lipinski definition) is 1. The summed E-state index contributed by atoms with van der Waals surface area (Å²) >= 11 is 0. The number of rotatable bonds is 3. The molecule has 1 aliphatic heterocycles. The van der Waals surface area contributed by atoms with Gasteiger partial charge in [0.2, 0.25) is 0 Å². The Hall–Kier alpha value is -3.32. The van der Waals surface area contributed by atoms with E-state index in [2.05, 4.69) is 111 Å². The van der Waals surface area contributed by atoms with Crippen LogP contribution >= 0.6 is 0 Å². The van der Waals surface area contributed by atoms with Crippen LogP contribution in [-0.4, -0.2) is 6.04 Å². The molecule has 31 heavy (non-hydrogen) atoms. The van der Waals surface area contributed by atoms with Crippen molar-refractivity contribution >= 4 is 16.7 Å². The number of nitrogens with one attached hydrogen (secondary N) is 1. The lowest BCUT2D eigenvalue weighted by atomic mass is 9.79. The normalized spacial score (nSPS) is 18.4. The number of aryl methyl sites for hydroxylation is 2. The maximum atomic E-state index is 3.89. The van der Waals surface area contributed by atoms with Crippen molar-refractivity contribution in [3.8, 4) is 0 Å². The van der Waals surface area contributed by atoms with Gasteiger partial charge in [0.15, 0.2) is 0 Å². The minimum atomic E-state index is 0.263. The van der Waals surface area contributed by atoms with E-state index in [1.807, 2.05) is 0 Å². The van der Waals surface area contributed by atoms with Crippen molar-refractivity contribution in [2.45, 2.75) is 39.7 Å². The summed E-state index contributed by atoms with van der Waals surface area (Å²) < 4.78 is 0. The van der Waals surface area contributed by atoms with Gasteiger partial charge >= 0.3 is 0 Å². The summed E-state index contributed by atoms with van der Waals surface area (Å²) in [6, 6.07) is 29.0. The van der Waals surface area contributed by atoms with Crippen LogP contribution < -0.4 is 5.32 Å². The minimum Gasteiger partial charge on any atom is -0.378 e. The van der Waals surface area contributed by atoms with E-state index in [1.165, 1.54) is 55.8 Å². The van der Waals surface area contributed by atoms with Crippen LogP contribution in [0.3, 0.4) is 0 Å². The van der Waals surface area contributed by atoms with Gasteiger partial charge in [0, 0.05) is 17.3 Å². The van der Waals surface area contributed by atoms with Gasteiger partial charge in [-0.1, -0.05) is 90.0 Å². The first-order valence-electron chi connectivity index (χ1n) is 11.2. The molecule has 0 aromatic heterocycles. The molecule has 1 atom stereocenters. The Bertz CT molecular complexity index is 1190. The van der Waals surface area contributed by atoms with Crippen molar-refractivity contribution < 1.29 is 0 Å². The Kier molecular flexibility index (Phi) is 5.11. The number of fused-ring (bicyclic) bond motifs is 1. The van der Waals surface area contributed by atoms with Gasteiger partial charge in [-0.05, 0) is 73.1 Å². The molecule has 2 aliphatic rings. The predicted molar refractivity (Wildman–Crippen MR) is 132 cm³/mol. The lowest BCUT2D eigenvalue weighted by Gasteiger charge is -2.34. The second kappa shape index (κ2) is 8.07. The standard InChI is InChI=1S/C30H29N/c1-20-9-13-24(14-10-20)26-17-18-27(25-15-11-21(2)12-16-25)30-29(26)19-28(22(3)31-30)23-7-5-4-6-8-23/h4-16,19,22,31H,17-18H2,1-3H3. The van der Waals surface area contributed by atoms with Crippen LogP contribution in [0, 0.1) is 13.8 Å². The van der Waals surface area contributed by atoms with E-state index in [0.29, 0.717) is 0 Å². The highest BCUT2D eigenvalue weighted by Gasteiger charge is 2.28. The average molecular weight is 404 g/mol. The van der Waals surface area contributed by atoms with Crippen LogP contribution in [0.15, 0.2) is 96.2 Å². The summed E-state index contributed by atoms with van der Waals surface area (Å²) in [6.45, 7) is 6.58.